The minimum Gasteiger partial charge on any atom is -0.490 e. The normalized spacial score (nSPS) is 29.0. The summed E-state index contributed by atoms with van der Waals surface area (Å²) in [5.74, 6) is -3.72. The summed E-state index contributed by atoms with van der Waals surface area (Å²) in [5.41, 5.74) is -3.17. The molecule has 30 heteroatoms. The van der Waals surface area contributed by atoms with Crippen LogP contribution in [0.3, 0.4) is 0 Å². The zero-order valence-corrected chi connectivity index (χ0v) is 66.5. The lowest BCUT2D eigenvalue weighted by Gasteiger charge is -2.49. The Bertz CT molecular complexity index is 4160. The Balaban J connectivity index is 0.000000230. The minimum absolute atomic E-state index is 0. The van der Waals surface area contributed by atoms with Crippen molar-refractivity contribution in [3.63, 3.8) is 0 Å². The number of carbonyl (C=O) groups is 6. The Morgan fingerprint density at radius 1 is 0.550 bits per heavy atom. The number of hydrogen-bond donors (Lipinski definition) is 6. The Hall–Kier alpha value is -7.38. The quantitative estimate of drug-likeness (QED) is 0.0914. The number of halogens is 2. The third kappa shape index (κ3) is 17.5. The van der Waals surface area contributed by atoms with E-state index in [0.29, 0.717) is 98.0 Å². The van der Waals surface area contributed by atoms with Crippen molar-refractivity contribution < 1.29 is 75.5 Å². The van der Waals surface area contributed by atoms with Crippen LogP contribution in [0.15, 0.2) is 97.1 Å². The summed E-state index contributed by atoms with van der Waals surface area (Å²) in [5, 5.41) is 50.5. The number of fused-ring (bicyclic) bond motifs is 8. The smallest absolute Gasteiger partial charge is 0.303 e. The molecule has 2 fully saturated rings. The van der Waals surface area contributed by atoms with Gasteiger partial charge in [-0.25, -0.2) is 9.44 Å². The van der Waals surface area contributed by atoms with Gasteiger partial charge in [-0.15, -0.1) is 0 Å². The lowest BCUT2D eigenvalue weighted by atomic mass is 9.63. The number of anilines is 2. The number of rotatable bonds is 10. The summed E-state index contributed by atoms with van der Waals surface area (Å²) in [6.45, 7) is 2.95. The molecule has 6 amide bonds. The van der Waals surface area contributed by atoms with Crippen LogP contribution >= 0.6 is 23.2 Å². The van der Waals surface area contributed by atoms with E-state index >= 15 is 0 Å². The molecule has 0 saturated heterocycles. The highest BCUT2D eigenvalue weighted by Crippen LogP contribution is 2.53. The van der Waals surface area contributed by atoms with Gasteiger partial charge in [0.15, 0.2) is 11.2 Å². The van der Waals surface area contributed by atoms with Gasteiger partial charge in [-0.2, -0.15) is 25.4 Å². The van der Waals surface area contributed by atoms with Crippen molar-refractivity contribution in [2.45, 2.75) is 143 Å². The third-order valence-corrected chi connectivity index (χ3v) is 27.1. The number of aliphatic hydroxyl groups is 4. The van der Waals surface area contributed by atoms with Gasteiger partial charge in [0.1, 0.15) is 11.5 Å². The largest absolute Gasteiger partial charge is 0.490 e. The Kier molecular flexibility index (Phi) is 25.3. The topological polar surface area (TPSA) is 320 Å². The highest BCUT2D eigenvalue weighted by atomic mass is 35.5. The van der Waals surface area contributed by atoms with Crippen molar-refractivity contribution in [1.29, 1.82) is 0 Å². The van der Waals surface area contributed by atoms with E-state index in [0.717, 1.165) is 82.2 Å². The van der Waals surface area contributed by atoms with Gasteiger partial charge in [-0.1, -0.05) is 79.2 Å². The molecule has 10 atom stereocenters. The molecular formula is C79H108Cl2N10O16S2. The molecule has 26 nitrogen and oxygen atoms in total. The van der Waals surface area contributed by atoms with Gasteiger partial charge in [-0.05, 0) is 183 Å². The van der Waals surface area contributed by atoms with E-state index < -0.39 is 90.1 Å². The van der Waals surface area contributed by atoms with Crippen LogP contribution in [0.2, 0.25) is 10.0 Å². The number of carbonyl (C=O) groups excluding carboxylic acids is 6. The average molecular weight is 1590 g/mol. The number of nitrogens with zero attached hydrogens (tertiary/aromatic N) is 8. The lowest BCUT2D eigenvalue weighted by molar-refractivity contribution is -0.148. The maximum absolute atomic E-state index is 13.9. The van der Waals surface area contributed by atoms with Crippen molar-refractivity contribution in [3.05, 3.63) is 141 Å². The van der Waals surface area contributed by atoms with Crippen molar-refractivity contribution >= 4 is 90.4 Å². The van der Waals surface area contributed by atoms with Crippen molar-refractivity contribution in [3.8, 4) is 11.5 Å². The molecule has 8 aliphatic rings. The van der Waals surface area contributed by atoms with Gasteiger partial charge in [-0.3, -0.25) is 28.8 Å². The van der Waals surface area contributed by atoms with Crippen LogP contribution in [0.5, 0.6) is 11.5 Å². The van der Waals surface area contributed by atoms with Gasteiger partial charge < -0.3 is 59.3 Å². The summed E-state index contributed by atoms with van der Waals surface area (Å²) in [7, 11) is 6.06. The SMILES string of the molecule is C.CN(C)C(=O)C[C@@]1(O)/C=C/CCN(C)C(=O)C[C@](O)(C(=O)NS(=O)(=O)N(C)C)c2ccc3c(c2)N(C[C@@H]2CC[C@H]21)C[C@@]1(CCCc2cc(Cl)ccc21)CO3.CN(C)C(=O)C[C@]1(O)/C=C/CCN(C)C(=O)C[C@](O)(C(=O)NS(=O)(=O)N(C)C)c2ccc3c(c2)N(C[C@@H]2CC[C@H]21)C[C@@]1(CCCc2cc(Cl)ccc21)CO3. The first-order valence-electron chi connectivity index (χ1n) is 37.0. The first kappa shape index (κ1) is 84.1. The van der Waals surface area contributed by atoms with Gasteiger partial charge in [0.25, 0.3) is 11.8 Å². The molecule has 4 bridgehead atoms. The van der Waals surface area contributed by atoms with E-state index in [1.54, 1.807) is 76.8 Å². The predicted molar refractivity (Wildman–Crippen MR) is 417 cm³/mol. The molecule has 4 aliphatic heterocycles. The van der Waals surface area contributed by atoms with Crippen LogP contribution in [0, 0.1) is 23.7 Å². The van der Waals surface area contributed by atoms with Crippen LogP contribution in [-0.4, -0.2) is 235 Å². The Morgan fingerprint density at radius 3 is 1.27 bits per heavy atom. The highest BCUT2D eigenvalue weighted by Gasteiger charge is 2.53. The Morgan fingerprint density at radius 2 is 0.927 bits per heavy atom. The zero-order valence-electron chi connectivity index (χ0n) is 63.4. The van der Waals surface area contributed by atoms with E-state index in [1.807, 2.05) is 33.7 Å². The first-order valence-corrected chi connectivity index (χ1v) is 40.6. The molecule has 4 heterocycles. The number of aryl methyl sites for hydroxylation is 2. The van der Waals surface area contributed by atoms with E-state index in [1.165, 1.54) is 74.0 Å². The molecular weight excluding hydrogens is 1480 g/mol. The van der Waals surface area contributed by atoms with E-state index in [4.69, 9.17) is 32.7 Å². The molecule has 596 valence electrons. The molecule has 12 rings (SSSR count). The van der Waals surface area contributed by atoms with Gasteiger partial charge in [0.2, 0.25) is 23.6 Å². The fourth-order valence-electron chi connectivity index (χ4n) is 16.9. The number of hydrogen-bond acceptors (Lipinski definition) is 18. The van der Waals surface area contributed by atoms with Crippen LogP contribution in [0.4, 0.5) is 11.4 Å². The van der Waals surface area contributed by atoms with E-state index in [9.17, 15) is 66.0 Å². The maximum atomic E-state index is 13.9. The standard InChI is InChI=1S/2C39H52ClN5O8S.CH4/c2*1-42(2)34(46)21-38(49)17-6-7-18-44(5)35(47)22-39(50,36(48)41-54(51,52)43(3)4)28-11-15-33-32(20-28)45(23-27-10-13-31(27)38)24-37(25-53-33)16-8-9-26-19-29(40)12-14-30(26)37;/h2*6,11-12,14-15,17,19-20,27,31,49-50H,7-10,13,16,18,21-25H2,1-5H3,(H,41,48);1H4/b2*17-6+;/t27-,31+,37-,38+,39+;27-,31+,37-,38-,39+;/m00./s1. The molecule has 2 saturated carbocycles. The summed E-state index contributed by atoms with van der Waals surface area (Å²) < 4.78 is 70.2. The minimum atomic E-state index is -4.33. The molecule has 4 aromatic carbocycles. The van der Waals surface area contributed by atoms with Crippen LogP contribution in [0.1, 0.15) is 131 Å². The number of amides is 6. The molecule has 0 unspecified atom stereocenters. The molecule has 6 N–H and O–H groups in total. The fraction of sp³-hybridized carbons (Fsp3) is 0.570. The number of nitrogens with one attached hydrogen (secondary N) is 2. The summed E-state index contributed by atoms with van der Waals surface area (Å²) in [6.07, 6.45) is 14.2. The predicted octanol–water partition coefficient (Wildman–Crippen LogP) is 6.57. The highest BCUT2D eigenvalue weighted by molar-refractivity contribution is 7.88. The Labute approximate surface area is 651 Å². The van der Waals surface area contributed by atoms with Crippen LogP contribution in [0.25, 0.3) is 0 Å². The van der Waals surface area contributed by atoms with Gasteiger partial charge >= 0.3 is 20.4 Å². The number of ether oxygens (including phenoxy) is 2. The average Bonchev–Trinajstić information content (AvgIpc) is 1.71. The van der Waals surface area contributed by atoms with Crippen LogP contribution in [-0.2, 0) is 84.1 Å². The molecule has 4 aromatic rings. The fourth-order valence-corrected chi connectivity index (χ4v) is 18.5. The molecule has 109 heavy (non-hydrogen) atoms. The second-order valence-electron chi connectivity index (χ2n) is 31.9. The monoisotopic (exact) mass is 1590 g/mol. The molecule has 4 aliphatic carbocycles. The number of benzene rings is 4. The maximum Gasteiger partial charge on any atom is 0.303 e. The van der Waals surface area contributed by atoms with Crippen molar-refractivity contribution in [2.75, 3.05) is 133 Å². The van der Waals surface area contributed by atoms with Crippen molar-refractivity contribution in [1.82, 2.24) is 37.7 Å². The first-order chi connectivity index (χ1) is 50.7. The summed E-state index contributed by atoms with van der Waals surface area (Å²) in [6, 6.07) is 21.5. The van der Waals surface area contributed by atoms with E-state index in [2.05, 4.69) is 21.9 Å². The summed E-state index contributed by atoms with van der Waals surface area (Å²) >= 11 is 12.9. The molecule has 0 radical (unpaired) electrons. The molecule has 0 aromatic heterocycles. The third-order valence-electron chi connectivity index (χ3n) is 23.8. The van der Waals surface area contributed by atoms with Crippen molar-refractivity contribution in [2.24, 2.45) is 23.7 Å². The zero-order chi connectivity index (χ0) is 78.4. The summed E-state index contributed by atoms with van der Waals surface area (Å²) in [4.78, 5) is 91.5. The second kappa shape index (κ2) is 32.7. The molecule has 2 spiro atoms. The second-order valence-corrected chi connectivity index (χ2v) is 36.5. The lowest BCUT2D eigenvalue weighted by Crippen LogP contribution is -2.53. The van der Waals surface area contributed by atoms with E-state index in [-0.39, 0.29) is 80.0 Å². The van der Waals surface area contributed by atoms with Gasteiger partial charge in [0.05, 0.1) is 61.5 Å². The van der Waals surface area contributed by atoms with Crippen LogP contribution < -0.4 is 28.7 Å². The van der Waals surface area contributed by atoms with Gasteiger partial charge in [0, 0.05) is 131 Å².